The highest BCUT2D eigenvalue weighted by Gasteiger charge is 2.11. The Morgan fingerprint density at radius 3 is 2.31 bits per heavy atom. The van der Waals surface area contributed by atoms with E-state index in [9.17, 15) is 14.4 Å². The van der Waals surface area contributed by atoms with E-state index in [2.05, 4.69) is 10.6 Å². The number of halogens is 1. The van der Waals surface area contributed by atoms with Crippen molar-refractivity contribution >= 4 is 46.2 Å². The van der Waals surface area contributed by atoms with Crippen molar-refractivity contribution in [3.63, 3.8) is 0 Å². The maximum atomic E-state index is 11.9. The summed E-state index contributed by atoms with van der Waals surface area (Å²) in [6.07, 6.45) is 0.291. The minimum atomic E-state index is -0.182. The Labute approximate surface area is 161 Å². The molecule has 0 aliphatic carbocycles. The van der Waals surface area contributed by atoms with Crippen molar-refractivity contribution in [3.8, 4) is 0 Å². The number of amides is 2. The van der Waals surface area contributed by atoms with E-state index in [0.29, 0.717) is 15.8 Å². The molecule has 5 nitrogen and oxygen atoms in total. The number of thiophene rings is 1. The van der Waals surface area contributed by atoms with Crippen molar-refractivity contribution in [1.82, 2.24) is 5.32 Å². The van der Waals surface area contributed by atoms with Gasteiger partial charge in [-0.05, 0) is 29.8 Å². The molecule has 0 aliphatic rings. The lowest BCUT2D eigenvalue weighted by molar-refractivity contribution is -0.121. The molecule has 1 aromatic heterocycles. The molecule has 0 spiro atoms. The van der Waals surface area contributed by atoms with E-state index in [0.717, 1.165) is 11.3 Å². The van der Waals surface area contributed by atoms with Crippen molar-refractivity contribution < 1.29 is 14.4 Å². The molecule has 1 heterocycles. The number of benzene rings is 1. The van der Waals surface area contributed by atoms with Crippen molar-refractivity contribution in [3.05, 3.63) is 51.2 Å². The van der Waals surface area contributed by atoms with E-state index in [1.807, 2.05) is 26.0 Å². The SMILES string of the molecule is CC(C)C(=O)Nc1ccc(CNC(=O)CCC(=O)c2ccc(Cl)s2)cc1. The first-order valence-corrected chi connectivity index (χ1v) is 9.49. The second-order valence-electron chi connectivity index (χ2n) is 6.14. The summed E-state index contributed by atoms with van der Waals surface area (Å²) >= 11 is 7.02. The number of anilines is 1. The zero-order chi connectivity index (χ0) is 19.1. The van der Waals surface area contributed by atoms with Crippen LogP contribution in [0.1, 0.15) is 41.9 Å². The van der Waals surface area contributed by atoms with Gasteiger partial charge in [0.25, 0.3) is 0 Å². The summed E-state index contributed by atoms with van der Waals surface area (Å²) in [5, 5.41) is 5.60. The number of carbonyl (C=O) groups excluding carboxylic acids is 3. The first-order valence-electron chi connectivity index (χ1n) is 8.30. The number of hydrogen-bond donors (Lipinski definition) is 2. The van der Waals surface area contributed by atoms with Gasteiger partial charge >= 0.3 is 0 Å². The van der Waals surface area contributed by atoms with Gasteiger partial charge in [0, 0.05) is 31.0 Å². The van der Waals surface area contributed by atoms with Gasteiger partial charge in [-0.25, -0.2) is 0 Å². The molecule has 0 unspecified atom stereocenters. The zero-order valence-electron chi connectivity index (χ0n) is 14.7. The molecular weight excluding hydrogens is 372 g/mol. The fourth-order valence-electron chi connectivity index (χ4n) is 2.10. The van der Waals surface area contributed by atoms with E-state index in [1.54, 1.807) is 24.3 Å². The van der Waals surface area contributed by atoms with Crippen LogP contribution in [-0.4, -0.2) is 17.6 Å². The van der Waals surface area contributed by atoms with Gasteiger partial charge in [-0.15, -0.1) is 11.3 Å². The Morgan fingerprint density at radius 1 is 1.04 bits per heavy atom. The monoisotopic (exact) mass is 392 g/mol. The number of carbonyl (C=O) groups is 3. The fourth-order valence-corrected chi connectivity index (χ4v) is 3.11. The van der Waals surface area contributed by atoms with Gasteiger partial charge in [-0.1, -0.05) is 37.6 Å². The van der Waals surface area contributed by atoms with Gasteiger partial charge in [0.05, 0.1) is 9.21 Å². The van der Waals surface area contributed by atoms with Crippen molar-refractivity contribution in [2.75, 3.05) is 5.32 Å². The second kappa shape index (κ2) is 9.50. The second-order valence-corrected chi connectivity index (χ2v) is 7.86. The molecule has 2 amide bonds. The molecule has 0 fully saturated rings. The molecule has 2 rings (SSSR count). The molecular formula is C19H21ClN2O3S. The van der Waals surface area contributed by atoms with E-state index < -0.39 is 0 Å². The number of nitrogens with one attached hydrogen (secondary N) is 2. The molecule has 0 radical (unpaired) electrons. The topological polar surface area (TPSA) is 75.3 Å². The van der Waals surface area contributed by atoms with Crippen molar-refractivity contribution in [2.45, 2.75) is 33.2 Å². The highest BCUT2D eigenvalue weighted by atomic mass is 35.5. The number of Topliss-reactive ketones (excluding diaryl/α,β-unsaturated/α-hetero) is 1. The smallest absolute Gasteiger partial charge is 0.226 e. The van der Waals surface area contributed by atoms with Crippen molar-refractivity contribution in [2.24, 2.45) is 5.92 Å². The molecule has 2 N–H and O–H groups in total. The van der Waals surface area contributed by atoms with Crippen LogP contribution in [0.2, 0.25) is 4.34 Å². The highest BCUT2D eigenvalue weighted by molar-refractivity contribution is 7.18. The Balaban J connectivity index is 1.75. The Hall–Kier alpha value is -2.18. The number of hydrogen-bond acceptors (Lipinski definition) is 4. The van der Waals surface area contributed by atoms with Crippen molar-refractivity contribution in [1.29, 1.82) is 0 Å². The lowest BCUT2D eigenvalue weighted by Crippen LogP contribution is -2.23. The summed E-state index contributed by atoms with van der Waals surface area (Å²) in [5.41, 5.74) is 1.64. The molecule has 138 valence electrons. The first kappa shape index (κ1) is 20.1. The zero-order valence-corrected chi connectivity index (χ0v) is 16.2. The highest BCUT2D eigenvalue weighted by Crippen LogP contribution is 2.22. The lowest BCUT2D eigenvalue weighted by Gasteiger charge is -2.09. The third-order valence-electron chi connectivity index (χ3n) is 3.66. The summed E-state index contributed by atoms with van der Waals surface area (Å²) in [7, 11) is 0. The van der Waals surface area contributed by atoms with Crippen LogP contribution in [0.3, 0.4) is 0 Å². The summed E-state index contributed by atoms with van der Waals surface area (Å²) in [4.78, 5) is 36.1. The van der Waals surface area contributed by atoms with E-state index in [4.69, 9.17) is 11.6 Å². The largest absolute Gasteiger partial charge is 0.352 e. The molecule has 2 aromatic rings. The summed E-state index contributed by atoms with van der Waals surface area (Å²) in [6.45, 7) is 4.03. The first-order chi connectivity index (χ1) is 12.3. The fraction of sp³-hybridized carbons (Fsp3) is 0.316. The minimum Gasteiger partial charge on any atom is -0.352 e. The van der Waals surface area contributed by atoms with Gasteiger partial charge in [-0.2, -0.15) is 0 Å². The van der Waals surface area contributed by atoms with Crippen LogP contribution >= 0.6 is 22.9 Å². The predicted octanol–water partition coefficient (Wildman–Crippen LogP) is 4.28. The van der Waals surface area contributed by atoms with Crippen LogP contribution in [0.4, 0.5) is 5.69 Å². The van der Waals surface area contributed by atoms with Gasteiger partial charge in [0.1, 0.15) is 0 Å². The quantitative estimate of drug-likeness (QED) is 0.658. The Kier molecular flexibility index (Phi) is 7.36. The van der Waals surface area contributed by atoms with Gasteiger partial charge in [0.15, 0.2) is 5.78 Å². The molecule has 0 saturated carbocycles. The van der Waals surface area contributed by atoms with Gasteiger partial charge < -0.3 is 10.6 Å². The van der Waals surface area contributed by atoms with Crippen LogP contribution in [-0.2, 0) is 16.1 Å². The molecule has 7 heteroatoms. The lowest BCUT2D eigenvalue weighted by atomic mass is 10.1. The Morgan fingerprint density at radius 2 is 1.73 bits per heavy atom. The average molecular weight is 393 g/mol. The minimum absolute atomic E-state index is 0.0391. The molecule has 0 atom stereocenters. The summed E-state index contributed by atoms with van der Waals surface area (Å²) in [5.74, 6) is -0.384. The molecule has 1 aromatic carbocycles. The number of ketones is 1. The molecule has 0 aliphatic heterocycles. The maximum Gasteiger partial charge on any atom is 0.226 e. The van der Waals surface area contributed by atoms with Crippen LogP contribution in [0.5, 0.6) is 0 Å². The Bertz CT molecular complexity index is 784. The van der Waals surface area contributed by atoms with Gasteiger partial charge in [-0.3, -0.25) is 14.4 Å². The van der Waals surface area contributed by atoms with E-state index in [1.165, 1.54) is 11.3 Å². The molecule has 0 saturated heterocycles. The summed E-state index contributed by atoms with van der Waals surface area (Å²) in [6, 6.07) is 10.6. The van der Waals surface area contributed by atoms with Crippen LogP contribution < -0.4 is 10.6 Å². The maximum absolute atomic E-state index is 11.9. The molecule has 0 bridgehead atoms. The summed E-state index contributed by atoms with van der Waals surface area (Å²) < 4.78 is 0.561. The van der Waals surface area contributed by atoms with Crippen LogP contribution in [0.25, 0.3) is 0 Å². The van der Waals surface area contributed by atoms with E-state index in [-0.39, 0.29) is 36.4 Å². The third kappa shape index (κ3) is 6.28. The normalized spacial score (nSPS) is 10.6. The van der Waals surface area contributed by atoms with Gasteiger partial charge in [0.2, 0.25) is 11.8 Å². The predicted molar refractivity (Wildman–Crippen MR) is 105 cm³/mol. The standard InChI is InChI=1S/C19H21ClN2O3S/c1-12(2)19(25)22-14-5-3-13(4-6-14)11-21-18(24)10-7-15(23)16-8-9-17(20)26-16/h3-6,8-9,12H,7,10-11H2,1-2H3,(H,21,24)(H,22,25). The average Bonchev–Trinajstić information content (AvgIpc) is 3.05. The third-order valence-corrected chi connectivity index (χ3v) is 4.93. The molecule has 26 heavy (non-hydrogen) atoms. The van der Waals surface area contributed by atoms with Crippen LogP contribution in [0.15, 0.2) is 36.4 Å². The van der Waals surface area contributed by atoms with Crippen LogP contribution in [0, 0.1) is 5.92 Å². The van der Waals surface area contributed by atoms with E-state index >= 15 is 0 Å². The number of rotatable bonds is 8.